The van der Waals surface area contributed by atoms with Gasteiger partial charge in [0.15, 0.2) is 5.82 Å². The van der Waals surface area contributed by atoms with E-state index >= 15 is 0 Å². The van der Waals surface area contributed by atoms with Crippen molar-refractivity contribution in [2.24, 2.45) is 17.8 Å². The zero-order valence-corrected chi connectivity index (χ0v) is 17.6. The van der Waals surface area contributed by atoms with Crippen molar-refractivity contribution in [2.45, 2.75) is 77.0 Å². The molecule has 0 radical (unpaired) electrons. The normalized spacial score (nSPS) is 27.7. The lowest BCUT2D eigenvalue weighted by atomic mass is 9.63. The van der Waals surface area contributed by atoms with E-state index in [1.807, 2.05) is 6.07 Å². The molecule has 0 aromatic heterocycles. The molecule has 0 nitrogen and oxygen atoms in total. The summed E-state index contributed by atoms with van der Waals surface area (Å²) in [7, 11) is 0. The Morgan fingerprint density at radius 1 is 1.00 bits per heavy atom. The first kappa shape index (κ1) is 20.1. The topological polar surface area (TPSA) is 0 Å². The highest BCUT2D eigenvalue weighted by Gasteiger charge is 2.36. The highest BCUT2D eigenvalue weighted by Crippen LogP contribution is 2.50. The third kappa shape index (κ3) is 3.95. The molecule has 2 unspecified atom stereocenters. The summed E-state index contributed by atoms with van der Waals surface area (Å²) < 4.78 is 28.9. The minimum Gasteiger partial charge on any atom is -0.206 e. The Kier molecular flexibility index (Phi) is 6.25. The van der Waals surface area contributed by atoms with Gasteiger partial charge in [0, 0.05) is 0 Å². The van der Waals surface area contributed by atoms with Crippen molar-refractivity contribution in [3.8, 4) is 0 Å². The first-order valence-corrected chi connectivity index (χ1v) is 11.5. The van der Waals surface area contributed by atoms with Crippen molar-refractivity contribution in [1.82, 2.24) is 0 Å². The molecule has 2 fully saturated rings. The van der Waals surface area contributed by atoms with E-state index in [2.05, 4.69) is 6.92 Å². The molecule has 0 saturated heterocycles. The highest BCUT2D eigenvalue weighted by molar-refractivity contribution is 6.32. The molecule has 0 aliphatic heterocycles. The van der Waals surface area contributed by atoms with Crippen LogP contribution in [0.3, 0.4) is 0 Å². The summed E-state index contributed by atoms with van der Waals surface area (Å²) in [4.78, 5) is 0. The Labute approximate surface area is 172 Å². The molecule has 152 valence electrons. The number of halogens is 3. The smallest absolute Gasteiger partial charge is 0.152 e. The van der Waals surface area contributed by atoms with Crippen molar-refractivity contribution in [3.63, 3.8) is 0 Å². The summed E-state index contributed by atoms with van der Waals surface area (Å²) in [5.74, 6) is 1.66. The first-order chi connectivity index (χ1) is 13.6. The van der Waals surface area contributed by atoms with Crippen LogP contribution in [0.2, 0.25) is 5.02 Å². The van der Waals surface area contributed by atoms with Crippen molar-refractivity contribution < 1.29 is 8.78 Å². The molecule has 3 heteroatoms. The van der Waals surface area contributed by atoms with Crippen LogP contribution in [0, 0.1) is 29.4 Å². The van der Waals surface area contributed by atoms with Gasteiger partial charge in [-0.1, -0.05) is 62.8 Å². The fourth-order valence-corrected chi connectivity index (χ4v) is 6.17. The molecule has 2 aliphatic rings. The minimum atomic E-state index is -0.589. The van der Waals surface area contributed by atoms with E-state index in [-0.39, 0.29) is 10.4 Å². The maximum atomic E-state index is 14.8. The molecule has 2 aliphatic carbocycles. The van der Waals surface area contributed by atoms with Crippen LogP contribution in [0.15, 0.2) is 24.3 Å². The average molecular weight is 405 g/mol. The maximum Gasteiger partial charge on any atom is 0.152 e. The van der Waals surface area contributed by atoms with Crippen molar-refractivity contribution in [1.29, 1.82) is 0 Å². The zero-order valence-electron chi connectivity index (χ0n) is 16.8. The third-order valence-electron chi connectivity index (χ3n) is 7.40. The predicted molar refractivity (Wildman–Crippen MR) is 114 cm³/mol. The Bertz CT molecular complexity index is 831. The van der Waals surface area contributed by atoms with Gasteiger partial charge in [-0.3, -0.25) is 0 Å². The van der Waals surface area contributed by atoms with E-state index < -0.39 is 11.6 Å². The standard InChI is InChI=1S/C25H31ClF2/c1-2-3-4-6-16-9-10-18-14-19(12-11-17(18)13-16)21-15-20-7-5-8-22(27)23(20)25(28)24(21)26/h5,7-8,15-19H,2-4,6,9-14H2,1H3/t16-,17?,18-,19?/m1/s1. The number of hydrogen-bond acceptors (Lipinski definition) is 0. The number of rotatable bonds is 5. The fraction of sp³-hybridized carbons (Fsp3) is 0.600. The van der Waals surface area contributed by atoms with Gasteiger partial charge in [-0.25, -0.2) is 8.78 Å². The van der Waals surface area contributed by atoms with Crippen LogP contribution in [-0.2, 0) is 0 Å². The van der Waals surface area contributed by atoms with Crippen molar-refractivity contribution in [3.05, 3.63) is 46.5 Å². The Morgan fingerprint density at radius 2 is 1.79 bits per heavy atom. The second-order valence-electron chi connectivity index (χ2n) is 9.14. The lowest BCUT2D eigenvalue weighted by molar-refractivity contribution is 0.113. The molecular formula is C25H31ClF2. The largest absolute Gasteiger partial charge is 0.206 e. The Balaban J connectivity index is 1.49. The SMILES string of the molecule is CCCCC[C@@H]1CC[C@@H]2CC(c3cc4cccc(F)c4c(F)c3Cl)CCC2C1. The summed E-state index contributed by atoms with van der Waals surface area (Å²) in [5, 5.41) is 0.783. The molecule has 0 amide bonds. The van der Waals surface area contributed by atoms with E-state index in [0.29, 0.717) is 11.3 Å². The van der Waals surface area contributed by atoms with Gasteiger partial charge >= 0.3 is 0 Å². The van der Waals surface area contributed by atoms with Gasteiger partial charge in [0.2, 0.25) is 0 Å². The number of benzene rings is 2. The second-order valence-corrected chi connectivity index (χ2v) is 9.51. The first-order valence-electron chi connectivity index (χ1n) is 11.1. The third-order valence-corrected chi connectivity index (χ3v) is 7.78. The predicted octanol–water partition coefficient (Wildman–Crippen LogP) is 8.65. The second kappa shape index (κ2) is 8.69. The van der Waals surface area contributed by atoms with E-state index in [1.165, 1.54) is 57.4 Å². The van der Waals surface area contributed by atoms with Gasteiger partial charge in [0.1, 0.15) is 5.82 Å². The van der Waals surface area contributed by atoms with Crippen LogP contribution in [-0.4, -0.2) is 0 Å². The molecule has 2 aromatic carbocycles. The molecule has 0 bridgehead atoms. The molecule has 2 aromatic rings. The molecule has 0 N–H and O–H groups in total. The maximum absolute atomic E-state index is 14.8. The van der Waals surface area contributed by atoms with Gasteiger partial charge in [-0.15, -0.1) is 0 Å². The van der Waals surface area contributed by atoms with Crippen molar-refractivity contribution in [2.75, 3.05) is 0 Å². The van der Waals surface area contributed by atoms with Crippen LogP contribution in [0.1, 0.15) is 82.6 Å². The molecule has 0 spiro atoms. The van der Waals surface area contributed by atoms with Gasteiger partial charge < -0.3 is 0 Å². The quantitative estimate of drug-likeness (QED) is 0.437. The van der Waals surface area contributed by atoms with Gasteiger partial charge in [0.25, 0.3) is 0 Å². The molecule has 2 saturated carbocycles. The molecule has 4 rings (SSSR count). The van der Waals surface area contributed by atoms with E-state index in [9.17, 15) is 8.78 Å². The highest BCUT2D eigenvalue weighted by atomic mass is 35.5. The van der Waals surface area contributed by atoms with Gasteiger partial charge in [0.05, 0.1) is 10.4 Å². The number of fused-ring (bicyclic) bond motifs is 2. The van der Waals surface area contributed by atoms with Gasteiger partial charge in [-0.2, -0.15) is 0 Å². The fourth-order valence-electron chi connectivity index (χ4n) is 5.87. The lowest BCUT2D eigenvalue weighted by Gasteiger charge is -2.42. The Morgan fingerprint density at radius 3 is 2.61 bits per heavy atom. The summed E-state index contributed by atoms with van der Waals surface area (Å²) in [5.41, 5.74) is 0.890. The van der Waals surface area contributed by atoms with E-state index in [1.54, 1.807) is 12.1 Å². The van der Waals surface area contributed by atoms with Crippen LogP contribution in [0.4, 0.5) is 8.78 Å². The average Bonchev–Trinajstić information content (AvgIpc) is 2.70. The molecule has 0 heterocycles. The monoisotopic (exact) mass is 404 g/mol. The minimum absolute atomic E-state index is 0.0255. The van der Waals surface area contributed by atoms with E-state index in [4.69, 9.17) is 11.6 Å². The number of hydrogen-bond donors (Lipinski definition) is 0. The zero-order chi connectivity index (χ0) is 19.7. The van der Waals surface area contributed by atoms with Gasteiger partial charge in [-0.05, 0) is 78.9 Å². The van der Waals surface area contributed by atoms with Crippen LogP contribution >= 0.6 is 11.6 Å². The number of unbranched alkanes of at least 4 members (excludes halogenated alkanes) is 2. The summed E-state index contributed by atoms with van der Waals surface area (Å²) in [6.07, 6.45) is 12.9. The van der Waals surface area contributed by atoms with Crippen molar-refractivity contribution >= 4 is 22.4 Å². The summed E-state index contributed by atoms with van der Waals surface area (Å²) in [6, 6.07) is 6.66. The Hall–Kier alpha value is -1.15. The summed E-state index contributed by atoms with van der Waals surface area (Å²) in [6.45, 7) is 2.27. The molecule has 28 heavy (non-hydrogen) atoms. The van der Waals surface area contributed by atoms with Crippen LogP contribution in [0.25, 0.3) is 10.8 Å². The summed E-state index contributed by atoms with van der Waals surface area (Å²) >= 11 is 6.41. The van der Waals surface area contributed by atoms with Crippen LogP contribution in [0.5, 0.6) is 0 Å². The lowest BCUT2D eigenvalue weighted by Crippen LogP contribution is -2.30. The molecular weight excluding hydrogens is 374 g/mol. The van der Waals surface area contributed by atoms with E-state index in [0.717, 1.165) is 36.2 Å². The van der Waals surface area contributed by atoms with Crippen LogP contribution < -0.4 is 0 Å². The molecule has 4 atom stereocenters.